The van der Waals surface area contributed by atoms with Crippen LogP contribution in [0.4, 0.5) is 5.69 Å². The Morgan fingerprint density at radius 2 is 1.65 bits per heavy atom. The Morgan fingerprint density at radius 3 is 2.27 bits per heavy atom. The lowest BCUT2D eigenvalue weighted by Gasteiger charge is -2.11. The van der Waals surface area contributed by atoms with Gasteiger partial charge >= 0.3 is 5.97 Å². The minimum atomic E-state index is -0.508. The van der Waals surface area contributed by atoms with E-state index in [2.05, 4.69) is 26.2 Å². The van der Waals surface area contributed by atoms with Gasteiger partial charge in [0.1, 0.15) is 11.4 Å². The van der Waals surface area contributed by atoms with Gasteiger partial charge in [-0.25, -0.2) is 9.78 Å². The molecule has 3 aromatic carbocycles. The van der Waals surface area contributed by atoms with Crippen molar-refractivity contribution < 1.29 is 19.1 Å². The number of carbonyl (C=O) groups is 3. The summed E-state index contributed by atoms with van der Waals surface area (Å²) in [7, 11) is 0. The number of hydrogen-bond donors (Lipinski definition) is 1. The van der Waals surface area contributed by atoms with Gasteiger partial charge in [0.2, 0.25) is 5.91 Å². The SMILES string of the molecule is CC(=O)c1c(C)nc(SCC(=O)Nc2ccc(OC(=O)c3ccc(Cl)cc3)cc2)n1-c1ccc(Br)cc1. The lowest BCUT2D eigenvalue weighted by Crippen LogP contribution is -2.15. The molecule has 37 heavy (non-hydrogen) atoms. The molecule has 7 nitrogen and oxygen atoms in total. The molecule has 1 N–H and O–H groups in total. The molecule has 0 bridgehead atoms. The van der Waals surface area contributed by atoms with Gasteiger partial charge in [0, 0.05) is 27.8 Å². The molecule has 4 aromatic rings. The number of amides is 1. The quantitative estimate of drug-likeness (QED) is 0.104. The Kier molecular flexibility index (Phi) is 8.48. The van der Waals surface area contributed by atoms with E-state index in [4.69, 9.17) is 16.3 Å². The van der Waals surface area contributed by atoms with Crippen LogP contribution < -0.4 is 10.1 Å². The molecule has 188 valence electrons. The molecule has 0 saturated heterocycles. The highest BCUT2D eigenvalue weighted by molar-refractivity contribution is 9.10. The maximum Gasteiger partial charge on any atom is 0.343 e. The smallest absolute Gasteiger partial charge is 0.343 e. The lowest BCUT2D eigenvalue weighted by atomic mass is 10.2. The van der Waals surface area contributed by atoms with Crippen molar-refractivity contribution in [2.75, 3.05) is 11.1 Å². The normalized spacial score (nSPS) is 10.7. The van der Waals surface area contributed by atoms with Gasteiger partial charge in [-0.2, -0.15) is 0 Å². The summed E-state index contributed by atoms with van der Waals surface area (Å²) >= 11 is 10.5. The Bertz CT molecular complexity index is 1450. The number of aryl methyl sites for hydroxylation is 1. The maximum absolute atomic E-state index is 12.6. The summed E-state index contributed by atoms with van der Waals surface area (Å²) in [4.78, 5) is 41.7. The molecule has 0 aliphatic rings. The fraction of sp³-hybridized carbons (Fsp3) is 0.111. The minimum Gasteiger partial charge on any atom is -0.423 e. The number of nitrogens with one attached hydrogen (secondary N) is 1. The highest BCUT2D eigenvalue weighted by Crippen LogP contribution is 2.27. The standard InChI is InChI=1S/C27H21BrClN3O4S/c1-16-25(17(2)33)32(22-11-5-19(28)6-12-22)27(30-16)37-15-24(34)31-21-9-13-23(14-10-21)36-26(35)18-3-7-20(29)8-4-18/h3-14H,15H2,1-2H3,(H,31,34). The van der Waals surface area contributed by atoms with Gasteiger partial charge in [0.25, 0.3) is 0 Å². The fourth-order valence-electron chi connectivity index (χ4n) is 3.53. The van der Waals surface area contributed by atoms with Crippen LogP contribution in [0.3, 0.4) is 0 Å². The molecule has 1 aromatic heterocycles. The molecule has 0 aliphatic heterocycles. The second-order valence-corrected chi connectivity index (χ2v) is 10.2. The van der Waals surface area contributed by atoms with E-state index >= 15 is 0 Å². The molecule has 0 fully saturated rings. The molecule has 0 radical (unpaired) electrons. The van der Waals surface area contributed by atoms with Gasteiger partial charge in [-0.05, 0) is 79.7 Å². The number of ether oxygens (including phenoxy) is 1. The second kappa shape index (κ2) is 11.8. The Balaban J connectivity index is 1.40. The summed E-state index contributed by atoms with van der Waals surface area (Å²) in [6.45, 7) is 3.27. The van der Waals surface area contributed by atoms with Crippen molar-refractivity contribution in [1.82, 2.24) is 9.55 Å². The van der Waals surface area contributed by atoms with Crippen molar-refractivity contribution in [1.29, 1.82) is 0 Å². The van der Waals surface area contributed by atoms with Crippen LogP contribution in [0.5, 0.6) is 5.75 Å². The molecule has 0 unspecified atom stereocenters. The van der Waals surface area contributed by atoms with E-state index in [1.165, 1.54) is 18.7 Å². The number of esters is 1. The molecule has 1 amide bonds. The van der Waals surface area contributed by atoms with E-state index in [9.17, 15) is 14.4 Å². The third-order valence-electron chi connectivity index (χ3n) is 5.20. The van der Waals surface area contributed by atoms with Gasteiger partial charge in [0.05, 0.1) is 17.0 Å². The van der Waals surface area contributed by atoms with Gasteiger partial charge in [0.15, 0.2) is 10.9 Å². The maximum atomic E-state index is 12.6. The number of benzene rings is 3. The van der Waals surface area contributed by atoms with E-state index in [-0.39, 0.29) is 17.4 Å². The zero-order valence-corrected chi connectivity index (χ0v) is 23.0. The Morgan fingerprint density at radius 1 is 1.00 bits per heavy atom. The van der Waals surface area contributed by atoms with Gasteiger partial charge < -0.3 is 10.1 Å². The first-order chi connectivity index (χ1) is 17.7. The van der Waals surface area contributed by atoms with Crippen molar-refractivity contribution in [2.45, 2.75) is 19.0 Å². The van der Waals surface area contributed by atoms with E-state index in [0.717, 1.165) is 10.2 Å². The predicted molar refractivity (Wildman–Crippen MR) is 148 cm³/mol. The monoisotopic (exact) mass is 597 g/mol. The van der Waals surface area contributed by atoms with Crippen LogP contribution in [0, 0.1) is 6.92 Å². The third-order valence-corrected chi connectivity index (χ3v) is 6.92. The number of carbonyl (C=O) groups excluding carboxylic acids is 3. The van der Waals surface area contributed by atoms with Crippen LogP contribution in [0.15, 0.2) is 82.4 Å². The highest BCUT2D eigenvalue weighted by atomic mass is 79.9. The zero-order chi connectivity index (χ0) is 26.5. The average Bonchev–Trinajstić information content (AvgIpc) is 3.21. The van der Waals surface area contributed by atoms with Crippen LogP contribution in [0.2, 0.25) is 5.02 Å². The number of nitrogens with zero attached hydrogens (tertiary/aromatic N) is 2. The third kappa shape index (κ3) is 6.68. The molecule has 4 rings (SSSR count). The average molecular weight is 599 g/mol. The number of imidazole rings is 1. The molecule has 10 heteroatoms. The van der Waals surface area contributed by atoms with E-state index in [1.807, 2.05) is 24.3 Å². The van der Waals surface area contributed by atoms with Crippen LogP contribution in [-0.4, -0.2) is 33.0 Å². The molecular weight excluding hydrogens is 578 g/mol. The number of halogens is 2. The topological polar surface area (TPSA) is 90.3 Å². The summed E-state index contributed by atoms with van der Waals surface area (Å²) in [6, 6.07) is 20.4. The van der Waals surface area contributed by atoms with E-state index in [0.29, 0.717) is 38.6 Å². The number of hydrogen-bond acceptors (Lipinski definition) is 6. The first kappa shape index (κ1) is 26.7. The number of aromatic nitrogens is 2. The molecule has 0 saturated carbocycles. The number of ketones is 1. The van der Waals surface area contributed by atoms with Crippen molar-refractivity contribution in [2.24, 2.45) is 0 Å². The van der Waals surface area contributed by atoms with Gasteiger partial charge in [-0.1, -0.05) is 39.3 Å². The van der Waals surface area contributed by atoms with Crippen molar-refractivity contribution in [3.63, 3.8) is 0 Å². The fourth-order valence-corrected chi connectivity index (χ4v) is 4.78. The molecule has 0 spiro atoms. The second-order valence-electron chi connectivity index (χ2n) is 7.95. The Labute approximate surface area is 231 Å². The van der Waals surface area contributed by atoms with Crippen molar-refractivity contribution in [3.05, 3.63) is 99.2 Å². The number of anilines is 1. The number of rotatable bonds is 8. The summed E-state index contributed by atoms with van der Waals surface area (Å²) in [5.74, 6) is -0.440. The number of Topliss-reactive ketones (excluding diaryl/α,β-unsaturated/α-hetero) is 1. The summed E-state index contributed by atoms with van der Waals surface area (Å²) in [5.41, 5.74) is 2.79. The molecule has 0 aliphatic carbocycles. The van der Waals surface area contributed by atoms with E-state index < -0.39 is 5.97 Å². The van der Waals surface area contributed by atoms with Crippen molar-refractivity contribution >= 4 is 62.6 Å². The van der Waals surface area contributed by atoms with Crippen LogP contribution in [-0.2, 0) is 4.79 Å². The minimum absolute atomic E-state index is 0.0810. The first-order valence-corrected chi connectivity index (χ1v) is 13.2. The largest absolute Gasteiger partial charge is 0.423 e. The summed E-state index contributed by atoms with van der Waals surface area (Å²) in [5, 5.41) is 3.89. The molecular formula is C27H21BrClN3O4S. The van der Waals surface area contributed by atoms with Crippen LogP contribution in [0.25, 0.3) is 5.69 Å². The zero-order valence-electron chi connectivity index (χ0n) is 19.8. The highest BCUT2D eigenvalue weighted by Gasteiger charge is 2.20. The van der Waals surface area contributed by atoms with Gasteiger partial charge in [-0.3, -0.25) is 14.2 Å². The van der Waals surface area contributed by atoms with Crippen LogP contribution >= 0.6 is 39.3 Å². The van der Waals surface area contributed by atoms with Crippen LogP contribution in [0.1, 0.15) is 33.5 Å². The lowest BCUT2D eigenvalue weighted by molar-refractivity contribution is -0.113. The summed E-state index contributed by atoms with van der Waals surface area (Å²) in [6.07, 6.45) is 0. The Hall–Kier alpha value is -3.40. The number of thioether (sulfide) groups is 1. The summed E-state index contributed by atoms with van der Waals surface area (Å²) < 4.78 is 8.04. The predicted octanol–water partition coefficient (Wildman–Crippen LogP) is 6.75. The van der Waals surface area contributed by atoms with E-state index in [1.54, 1.807) is 60.0 Å². The molecule has 0 atom stereocenters. The van der Waals surface area contributed by atoms with Crippen molar-refractivity contribution in [3.8, 4) is 11.4 Å². The first-order valence-electron chi connectivity index (χ1n) is 11.1. The van der Waals surface area contributed by atoms with Gasteiger partial charge in [-0.15, -0.1) is 0 Å². The molecule has 1 heterocycles.